The van der Waals surface area contributed by atoms with Gasteiger partial charge >= 0.3 is 0 Å². The molecule has 2 aromatic heterocycles. The molecular formula is C17H13N5. The van der Waals surface area contributed by atoms with Gasteiger partial charge in [0.15, 0.2) is 5.84 Å². The van der Waals surface area contributed by atoms with Gasteiger partial charge in [0.2, 0.25) is 0 Å². The van der Waals surface area contributed by atoms with Gasteiger partial charge in [-0.15, -0.1) is 6.42 Å². The van der Waals surface area contributed by atoms with Crippen LogP contribution in [0.15, 0.2) is 41.5 Å². The van der Waals surface area contributed by atoms with E-state index in [0.29, 0.717) is 12.2 Å². The molecule has 0 radical (unpaired) electrons. The van der Waals surface area contributed by atoms with Crippen LogP contribution in [0.4, 0.5) is 5.69 Å². The Labute approximate surface area is 127 Å². The van der Waals surface area contributed by atoms with Crippen molar-refractivity contribution in [3.8, 4) is 12.3 Å². The Morgan fingerprint density at radius 3 is 3.09 bits per heavy atom. The Bertz CT molecular complexity index is 959. The zero-order valence-electron chi connectivity index (χ0n) is 12.0. The third-order valence-electron chi connectivity index (χ3n) is 3.77. The molecule has 0 amide bonds. The predicted octanol–water partition coefficient (Wildman–Crippen LogP) is 2.32. The van der Waals surface area contributed by atoms with E-state index in [1.54, 1.807) is 10.9 Å². The van der Waals surface area contributed by atoms with E-state index < -0.39 is 0 Å². The highest BCUT2D eigenvalue weighted by molar-refractivity contribution is 6.09. The van der Waals surface area contributed by atoms with Crippen molar-refractivity contribution in [2.45, 2.75) is 6.54 Å². The summed E-state index contributed by atoms with van der Waals surface area (Å²) in [6.07, 6.45) is 7.27. The van der Waals surface area contributed by atoms with Crippen molar-refractivity contribution in [3.63, 3.8) is 0 Å². The fourth-order valence-electron chi connectivity index (χ4n) is 2.70. The average molecular weight is 287 g/mol. The van der Waals surface area contributed by atoms with Crippen LogP contribution >= 0.6 is 0 Å². The molecule has 1 N–H and O–H groups in total. The van der Waals surface area contributed by atoms with E-state index in [1.807, 2.05) is 37.4 Å². The third-order valence-corrected chi connectivity index (χ3v) is 3.77. The Morgan fingerprint density at radius 2 is 2.23 bits per heavy atom. The second-order valence-corrected chi connectivity index (χ2v) is 5.15. The molecule has 0 aliphatic carbocycles. The van der Waals surface area contributed by atoms with Crippen molar-refractivity contribution in [3.05, 3.63) is 53.5 Å². The van der Waals surface area contributed by atoms with Crippen LogP contribution in [0.1, 0.15) is 17.0 Å². The number of fused-ring (bicyclic) bond motifs is 2. The van der Waals surface area contributed by atoms with E-state index >= 15 is 0 Å². The zero-order valence-corrected chi connectivity index (χ0v) is 12.0. The number of amidine groups is 1. The fraction of sp³-hybridized carbons (Fsp3) is 0.118. The largest absolute Gasteiger partial charge is 0.339 e. The molecule has 1 aliphatic rings. The molecule has 0 saturated carbocycles. The lowest BCUT2D eigenvalue weighted by Crippen LogP contribution is -2.13. The summed E-state index contributed by atoms with van der Waals surface area (Å²) in [5.41, 5.74) is 4.64. The Hall–Kier alpha value is -3.13. The number of nitrogens with one attached hydrogen (secondary N) is 1. The molecule has 0 bridgehead atoms. The lowest BCUT2D eigenvalue weighted by molar-refractivity contribution is 0.792. The van der Waals surface area contributed by atoms with E-state index in [9.17, 15) is 0 Å². The zero-order chi connectivity index (χ0) is 15.1. The number of nitrogens with zero attached hydrogens (tertiary/aromatic N) is 4. The van der Waals surface area contributed by atoms with Gasteiger partial charge in [0.1, 0.15) is 11.4 Å². The maximum atomic E-state index is 5.48. The molecule has 5 heteroatoms. The first kappa shape index (κ1) is 12.6. The number of terminal acetylenes is 1. The quantitative estimate of drug-likeness (QED) is 0.699. The van der Waals surface area contributed by atoms with Crippen LogP contribution in [-0.2, 0) is 13.6 Å². The Morgan fingerprint density at radius 1 is 1.32 bits per heavy atom. The lowest BCUT2D eigenvalue weighted by Gasteiger charge is -2.07. The summed E-state index contributed by atoms with van der Waals surface area (Å²) >= 11 is 0. The van der Waals surface area contributed by atoms with E-state index in [4.69, 9.17) is 6.42 Å². The van der Waals surface area contributed by atoms with Crippen LogP contribution in [0.25, 0.3) is 10.9 Å². The highest BCUT2D eigenvalue weighted by Gasteiger charge is 2.17. The molecule has 22 heavy (non-hydrogen) atoms. The number of aliphatic imine (C=N–C) groups is 1. The van der Waals surface area contributed by atoms with Crippen molar-refractivity contribution in [1.29, 1.82) is 0 Å². The number of aryl methyl sites for hydroxylation is 1. The summed E-state index contributed by atoms with van der Waals surface area (Å²) in [4.78, 5) is 8.91. The van der Waals surface area contributed by atoms with Gasteiger partial charge < -0.3 is 5.32 Å². The van der Waals surface area contributed by atoms with Gasteiger partial charge in [-0.25, -0.2) is 0 Å². The number of rotatable bonds is 1. The minimum Gasteiger partial charge on any atom is -0.339 e. The second-order valence-electron chi connectivity index (χ2n) is 5.15. The first-order valence-corrected chi connectivity index (χ1v) is 6.95. The maximum Gasteiger partial charge on any atom is 0.152 e. The molecular weight excluding hydrogens is 274 g/mol. The van der Waals surface area contributed by atoms with Gasteiger partial charge in [0.25, 0.3) is 0 Å². The van der Waals surface area contributed by atoms with E-state index in [-0.39, 0.29) is 0 Å². The van der Waals surface area contributed by atoms with Crippen molar-refractivity contribution in [2.75, 3.05) is 5.32 Å². The van der Waals surface area contributed by atoms with Crippen LogP contribution in [0.2, 0.25) is 0 Å². The molecule has 0 atom stereocenters. The van der Waals surface area contributed by atoms with E-state index in [0.717, 1.165) is 33.7 Å². The fourth-order valence-corrected chi connectivity index (χ4v) is 2.70. The van der Waals surface area contributed by atoms with Crippen molar-refractivity contribution < 1.29 is 0 Å². The van der Waals surface area contributed by atoms with Gasteiger partial charge in [-0.2, -0.15) is 5.10 Å². The van der Waals surface area contributed by atoms with Gasteiger partial charge in [0.05, 0.1) is 12.1 Å². The first-order chi connectivity index (χ1) is 10.8. The van der Waals surface area contributed by atoms with Crippen LogP contribution < -0.4 is 5.32 Å². The second kappa shape index (κ2) is 4.71. The summed E-state index contributed by atoms with van der Waals surface area (Å²) < 4.78 is 1.79. The number of hydrogen-bond donors (Lipinski definition) is 1. The number of aromatic nitrogens is 3. The molecule has 5 nitrogen and oxygen atoms in total. The molecule has 0 fully saturated rings. The summed E-state index contributed by atoms with van der Waals surface area (Å²) in [7, 11) is 1.89. The first-order valence-electron chi connectivity index (χ1n) is 6.95. The molecule has 106 valence electrons. The molecule has 4 rings (SSSR count). The van der Waals surface area contributed by atoms with Gasteiger partial charge in [0, 0.05) is 29.9 Å². The summed E-state index contributed by atoms with van der Waals surface area (Å²) in [6, 6.07) is 9.96. The molecule has 0 saturated heterocycles. The summed E-state index contributed by atoms with van der Waals surface area (Å²) in [6.45, 7) is 0.667. The predicted molar refractivity (Wildman–Crippen MR) is 86.7 cm³/mol. The topological polar surface area (TPSA) is 55.1 Å². The normalized spacial score (nSPS) is 12.8. The molecule has 3 heterocycles. The smallest absolute Gasteiger partial charge is 0.152 e. The van der Waals surface area contributed by atoms with Crippen molar-refractivity contribution >= 4 is 22.4 Å². The standard InChI is InChI=1S/C17H13N5/c1-3-14-13-7-6-12(9-15(13)22(2)21-14)20-17-16-11(10-19-17)5-4-8-18-16/h1,4-9H,10H2,2H3,(H,19,20). The number of anilines is 1. The summed E-state index contributed by atoms with van der Waals surface area (Å²) in [5, 5.41) is 8.64. The molecule has 0 spiro atoms. The minimum absolute atomic E-state index is 0.661. The molecule has 0 unspecified atom stereocenters. The lowest BCUT2D eigenvalue weighted by atomic mass is 10.2. The van der Waals surface area contributed by atoms with Gasteiger partial charge in [-0.1, -0.05) is 6.07 Å². The highest BCUT2D eigenvalue weighted by Crippen LogP contribution is 2.23. The Kier molecular flexibility index (Phi) is 2.70. The number of pyridine rings is 1. The molecule has 3 aromatic rings. The number of hydrogen-bond acceptors (Lipinski definition) is 4. The van der Waals surface area contributed by atoms with E-state index in [1.165, 1.54) is 0 Å². The number of benzene rings is 1. The average Bonchev–Trinajstić information content (AvgIpc) is 3.09. The third kappa shape index (κ3) is 1.85. The van der Waals surface area contributed by atoms with Gasteiger partial charge in [-0.05, 0) is 30.2 Å². The van der Waals surface area contributed by atoms with Crippen LogP contribution in [0, 0.1) is 12.3 Å². The van der Waals surface area contributed by atoms with Crippen molar-refractivity contribution in [2.24, 2.45) is 12.0 Å². The van der Waals surface area contributed by atoms with Crippen LogP contribution in [-0.4, -0.2) is 20.6 Å². The summed E-state index contributed by atoms with van der Waals surface area (Å²) in [5.74, 6) is 3.41. The van der Waals surface area contributed by atoms with Crippen LogP contribution in [0.3, 0.4) is 0 Å². The highest BCUT2D eigenvalue weighted by atomic mass is 15.3. The monoisotopic (exact) mass is 287 g/mol. The minimum atomic E-state index is 0.661. The Balaban J connectivity index is 1.72. The van der Waals surface area contributed by atoms with E-state index in [2.05, 4.69) is 26.3 Å². The SMILES string of the molecule is C#Cc1nn(C)c2cc(NC3=NCc4cccnc43)ccc12. The van der Waals surface area contributed by atoms with Gasteiger partial charge in [-0.3, -0.25) is 14.7 Å². The molecule has 1 aliphatic heterocycles. The maximum absolute atomic E-state index is 5.48. The van der Waals surface area contributed by atoms with Crippen molar-refractivity contribution in [1.82, 2.24) is 14.8 Å². The molecule has 1 aromatic carbocycles. The van der Waals surface area contributed by atoms with Crippen LogP contribution in [0.5, 0.6) is 0 Å².